The van der Waals surface area contributed by atoms with Gasteiger partial charge in [0.1, 0.15) is 23.2 Å². The highest BCUT2D eigenvalue weighted by Crippen LogP contribution is 2.40. The summed E-state index contributed by atoms with van der Waals surface area (Å²) in [4.78, 5) is 26.2. The third-order valence-electron chi connectivity index (χ3n) is 6.73. The lowest BCUT2D eigenvalue weighted by molar-refractivity contribution is 0.0744. The lowest BCUT2D eigenvalue weighted by Crippen LogP contribution is -2.33. The van der Waals surface area contributed by atoms with Crippen LogP contribution in [0.1, 0.15) is 32.3 Å². The van der Waals surface area contributed by atoms with Gasteiger partial charge in [-0.3, -0.25) is 9.59 Å². The molecule has 1 heterocycles. The molecule has 0 radical (unpaired) electrons. The monoisotopic (exact) mass is 589 g/mol. The Labute approximate surface area is 244 Å². The minimum atomic E-state index is -2.81. The number of fused-ring (bicyclic) bond motifs is 1. The predicted molar refractivity (Wildman–Crippen MR) is 160 cm³/mol. The summed E-state index contributed by atoms with van der Waals surface area (Å²) in [6.45, 7) is 0. The highest BCUT2D eigenvalue weighted by Gasteiger charge is 2.26. The quantitative estimate of drug-likeness (QED) is 0.154. The molecule has 1 unspecified atom stereocenters. The highest BCUT2D eigenvalue weighted by molar-refractivity contribution is 7.99. The molecule has 1 atom stereocenters. The molecular weight excluding hydrogens is 563 g/mol. The summed E-state index contributed by atoms with van der Waals surface area (Å²) in [5.74, 6) is -1.18. The Morgan fingerprint density at radius 3 is 2.26 bits per heavy atom. The van der Waals surface area contributed by atoms with Gasteiger partial charge in [0.2, 0.25) is 0 Å². The molecule has 0 aliphatic rings. The minimum absolute atomic E-state index is 0.190. The summed E-state index contributed by atoms with van der Waals surface area (Å²) in [7, 11) is 1.50. The number of anilines is 1. The van der Waals surface area contributed by atoms with Crippen LogP contribution in [0.4, 0.5) is 18.9 Å². The molecule has 0 fully saturated rings. The van der Waals surface area contributed by atoms with E-state index in [1.54, 1.807) is 54.6 Å². The van der Waals surface area contributed by atoms with Crippen LogP contribution in [0.3, 0.4) is 0 Å². The zero-order chi connectivity index (χ0) is 29.8. The van der Waals surface area contributed by atoms with Gasteiger partial charge in [0.05, 0.1) is 11.3 Å². The van der Waals surface area contributed by atoms with Crippen molar-refractivity contribution in [2.45, 2.75) is 12.5 Å². The number of benzene rings is 4. The van der Waals surface area contributed by atoms with E-state index in [4.69, 9.17) is 4.42 Å². The van der Waals surface area contributed by atoms with Gasteiger partial charge in [0.15, 0.2) is 0 Å². The highest BCUT2D eigenvalue weighted by atomic mass is 32.2. The normalized spacial score (nSPS) is 11.9. The summed E-state index contributed by atoms with van der Waals surface area (Å²) < 4.78 is 50.7. The van der Waals surface area contributed by atoms with Crippen LogP contribution in [-0.4, -0.2) is 31.5 Å². The molecule has 3 N–H and O–H groups in total. The Morgan fingerprint density at radius 2 is 1.60 bits per heavy atom. The Hall–Kier alpha value is -4.70. The third kappa shape index (κ3) is 5.84. The van der Waals surface area contributed by atoms with Crippen molar-refractivity contribution < 1.29 is 27.2 Å². The molecule has 4 aromatic carbocycles. The Morgan fingerprint density at radius 1 is 0.857 bits per heavy atom. The van der Waals surface area contributed by atoms with Crippen LogP contribution in [0.5, 0.6) is 0 Å². The van der Waals surface area contributed by atoms with E-state index in [9.17, 15) is 22.8 Å². The first kappa shape index (κ1) is 28.8. The van der Waals surface area contributed by atoms with Crippen LogP contribution in [-0.2, 0) is 0 Å². The van der Waals surface area contributed by atoms with Crippen molar-refractivity contribution in [3.8, 4) is 22.5 Å². The van der Waals surface area contributed by atoms with E-state index in [0.717, 1.165) is 0 Å². The van der Waals surface area contributed by atoms with E-state index >= 15 is 0 Å². The Balaban J connectivity index is 1.59. The molecule has 0 aliphatic heterocycles. The van der Waals surface area contributed by atoms with E-state index in [0.29, 0.717) is 38.9 Å². The molecule has 0 saturated carbocycles. The summed E-state index contributed by atoms with van der Waals surface area (Å²) in [5.41, 5.74) is 3.61. The predicted octanol–water partition coefficient (Wildman–Crippen LogP) is 7.69. The van der Waals surface area contributed by atoms with Crippen LogP contribution < -0.4 is 15.4 Å². The maximum atomic E-state index is 13.9. The summed E-state index contributed by atoms with van der Waals surface area (Å²) in [5, 5.41) is 5.60. The summed E-state index contributed by atoms with van der Waals surface area (Å²) >= 11 is 1.34. The summed E-state index contributed by atoms with van der Waals surface area (Å²) in [6.07, 6.45) is -0.965. The second-order valence-corrected chi connectivity index (χ2v) is 9.98. The van der Waals surface area contributed by atoms with Crippen LogP contribution in [0.15, 0.2) is 95.4 Å². The Bertz CT molecular complexity index is 1740. The smallest absolute Gasteiger partial charge is 0.262 e. The molecule has 6 nitrogen and oxygen atoms in total. The Kier molecular flexibility index (Phi) is 8.53. The molecule has 0 aliphatic carbocycles. The van der Waals surface area contributed by atoms with Gasteiger partial charge >= 0.3 is 0 Å². The molecule has 2 amide bonds. The van der Waals surface area contributed by atoms with Crippen LogP contribution >= 0.6 is 11.9 Å². The van der Waals surface area contributed by atoms with Crippen LogP contribution in [0, 0.1) is 5.82 Å². The number of halogens is 3. The van der Waals surface area contributed by atoms with Crippen molar-refractivity contribution >= 4 is 40.4 Å². The number of carbonyl (C=O) groups excluding carboxylic acids is 2. The lowest BCUT2D eigenvalue weighted by Gasteiger charge is -2.19. The number of nitrogens with one attached hydrogen (secondary N) is 3. The van der Waals surface area contributed by atoms with Gasteiger partial charge in [0.25, 0.3) is 18.2 Å². The molecule has 0 bridgehead atoms. The van der Waals surface area contributed by atoms with Crippen molar-refractivity contribution in [1.82, 2.24) is 10.6 Å². The SMILES string of the molecule is CNC(=O)c1c(-c2ccc(F)cc2)oc2cc(NSC)c(-c3cccc(C(=O)NC(c4ccccc4)C(F)F)c3)cc12. The topological polar surface area (TPSA) is 83.4 Å². The zero-order valence-corrected chi connectivity index (χ0v) is 23.4. The molecule has 214 valence electrons. The van der Waals surface area contributed by atoms with Crippen molar-refractivity contribution in [3.05, 3.63) is 114 Å². The maximum Gasteiger partial charge on any atom is 0.262 e. The second kappa shape index (κ2) is 12.4. The minimum Gasteiger partial charge on any atom is -0.455 e. The number of furan rings is 1. The number of hydrogen-bond acceptors (Lipinski definition) is 5. The van der Waals surface area contributed by atoms with E-state index < -0.39 is 30.1 Å². The molecule has 0 saturated heterocycles. The van der Waals surface area contributed by atoms with Gasteiger partial charge in [-0.2, -0.15) is 0 Å². The first-order valence-corrected chi connectivity index (χ1v) is 14.1. The lowest BCUT2D eigenvalue weighted by atomic mass is 9.97. The van der Waals surface area contributed by atoms with Gasteiger partial charge in [-0.1, -0.05) is 54.4 Å². The van der Waals surface area contributed by atoms with Crippen molar-refractivity contribution in [2.24, 2.45) is 0 Å². The number of rotatable bonds is 9. The summed E-state index contributed by atoms with van der Waals surface area (Å²) in [6, 6.07) is 22.4. The van der Waals surface area contributed by atoms with Crippen molar-refractivity contribution in [1.29, 1.82) is 0 Å². The van der Waals surface area contributed by atoms with E-state index in [1.165, 1.54) is 55.4 Å². The van der Waals surface area contributed by atoms with Gasteiger partial charge in [0, 0.05) is 41.4 Å². The van der Waals surface area contributed by atoms with E-state index in [-0.39, 0.29) is 16.9 Å². The number of alkyl halides is 2. The van der Waals surface area contributed by atoms with E-state index in [2.05, 4.69) is 15.4 Å². The molecule has 0 spiro atoms. The number of amides is 2. The average Bonchev–Trinajstić information content (AvgIpc) is 3.38. The van der Waals surface area contributed by atoms with Gasteiger partial charge in [-0.15, -0.1) is 0 Å². The molecule has 42 heavy (non-hydrogen) atoms. The second-order valence-electron chi connectivity index (χ2n) is 9.37. The molecule has 10 heteroatoms. The largest absolute Gasteiger partial charge is 0.455 e. The van der Waals surface area contributed by atoms with Gasteiger partial charge in [-0.25, -0.2) is 13.2 Å². The molecular formula is C32H26F3N3O3S. The van der Waals surface area contributed by atoms with Crippen molar-refractivity contribution in [2.75, 3.05) is 18.0 Å². The molecule has 1 aromatic heterocycles. The van der Waals surface area contributed by atoms with Crippen LogP contribution in [0.2, 0.25) is 0 Å². The first-order chi connectivity index (χ1) is 20.3. The van der Waals surface area contributed by atoms with Crippen molar-refractivity contribution in [3.63, 3.8) is 0 Å². The fourth-order valence-electron chi connectivity index (χ4n) is 4.74. The zero-order valence-electron chi connectivity index (χ0n) is 22.6. The van der Waals surface area contributed by atoms with Gasteiger partial charge in [-0.05, 0) is 53.6 Å². The average molecular weight is 590 g/mol. The fourth-order valence-corrected chi connectivity index (χ4v) is 5.12. The standard InChI is InChI=1S/C32H26F3N3O3S/c1-36-32(40)27-24-16-23(25(38-42-2)17-26(24)41-29(27)19-11-13-22(33)14-12-19)20-9-6-10-21(15-20)31(39)37-28(30(34)35)18-7-4-3-5-8-18/h3-17,28,30,38H,1-2H3,(H,36,40)(H,37,39). The first-order valence-electron chi connectivity index (χ1n) is 12.9. The third-order valence-corrected chi connectivity index (χ3v) is 7.16. The van der Waals surface area contributed by atoms with E-state index in [1.807, 2.05) is 6.26 Å². The van der Waals surface area contributed by atoms with Gasteiger partial charge < -0.3 is 19.8 Å². The number of carbonyl (C=O) groups is 2. The molecule has 5 rings (SSSR count). The fraction of sp³-hybridized carbons (Fsp3) is 0.125. The number of hydrogen-bond donors (Lipinski definition) is 3. The van der Waals surface area contributed by atoms with Crippen LogP contribution in [0.25, 0.3) is 33.4 Å². The maximum absolute atomic E-state index is 13.9. The molecule has 5 aromatic rings.